The second-order valence-electron chi connectivity index (χ2n) is 2.33. The monoisotopic (exact) mass is 264 g/mol. The van der Waals surface area contributed by atoms with Gasteiger partial charge in [-0.15, -0.1) is 3.89 Å². The van der Waals surface area contributed by atoms with Crippen LogP contribution in [0, 0.1) is 0 Å². The maximum atomic E-state index is 12.0. The fourth-order valence-electron chi connectivity index (χ4n) is 0.770. The Bertz CT molecular complexity index is 426. The second kappa shape index (κ2) is 4.02. The molecular formula is C8H6BrFO2S. The smallest absolute Gasteiger partial charge is 0.190 e. The molecule has 1 aromatic carbocycles. The fraction of sp³-hybridized carbons (Fsp3) is 0. The minimum atomic E-state index is -4.53. The zero-order valence-corrected chi connectivity index (χ0v) is 8.85. The van der Waals surface area contributed by atoms with E-state index in [2.05, 4.69) is 15.9 Å². The molecular weight excluding hydrogens is 259 g/mol. The Balaban J connectivity index is 2.93. The summed E-state index contributed by atoms with van der Waals surface area (Å²) < 4.78 is 33.1. The van der Waals surface area contributed by atoms with Gasteiger partial charge in [0, 0.05) is 4.47 Å². The van der Waals surface area contributed by atoms with Crippen molar-refractivity contribution < 1.29 is 12.3 Å². The van der Waals surface area contributed by atoms with E-state index < -0.39 is 10.2 Å². The average Bonchev–Trinajstić information content (AvgIpc) is 2.00. The third-order valence-corrected chi connectivity index (χ3v) is 2.23. The lowest BCUT2D eigenvalue weighted by Gasteiger charge is -1.92. The van der Waals surface area contributed by atoms with Gasteiger partial charge in [0.1, 0.15) is 0 Å². The first-order valence-electron chi connectivity index (χ1n) is 3.36. The molecule has 0 saturated carbocycles. The van der Waals surface area contributed by atoms with Crippen LogP contribution in [0.2, 0.25) is 0 Å². The lowest BCUT2D eigenvalue weighted by Crippen LogP contribution is -1.81. The highest BCUT2D eigenvalue weighted by atomic mass is 79.9. The van der Waals surface area contributed by atoms with E-state index >= 15 is 0 Å². The standard InChI is InChI=1S/C8H6BrFO2S/c9-8-3-1-2-7(6-8)4-5-13(10,11)12/h1-6H. The summed E-state index contributed by atoms with van der Waals surface area (Å²) in [6.45, 7) is 0. The summed E-state index contributed by atoms with van der Waals surface area (Å²) in [7, 11) is -4.53. The Labute approximate surface area is 84.4 Å². The zero-order valence-electron chi connectivity index (χ0n) is 6.44. The summed E-state index contributed by atoms with van der Waals surface area (Å²) in [5.41, 5.74) is 0.621. The summed E-state index contributed by atoms with van der Waals surface area (Å²) in [6.07, 6.45) is 1.19. The quantitative estimate of drug-likeness (QED) is 0.770. The molecule has 0 N–H and O–H groups in total. The first-order valence-corrected chi connectivity index (χ1v) is 5.60. The van der Waals surface area contributed by atoms with Crippen molar-refractivity contribution >= 4 is 32.2 Å². The normalized spacial score (nSPS) is 12.2. The third-order valence-electron chi connectivity index (χ3n) is 1.27. The van der Waals surface area contributed by atoms with Gasteiger partial charge in [0.2, 0.25) is 0 Å². The van der Waals surface area contributed by atoms with E-state index in [0.29, 0.717) is 11.0 Å². The maximum Gasteiger partial charge on any atom is 0.325 e. The fourth-order valence-corrected chi connectivity index (χ4v) is 1.51. The lowest BCUT2D eigenvalue weighted by atomic mass is 10.2. The van der Waals surface area contributed by atoms with Crippen LogP contribution < -0.4 is 0 Å². The predicted molar refractivity (Wildman–Crippen MR) is 53.2 cm³/mol. The molecule has 0 aliphatic heterocycles. The van der Waals surface area contributed by atoms with E-state index in [-0.39, 0.29) is 0 Å². The minimum Gasteiger partial charge on any atom is -0.190 e. The van der Waals surface area contributed by atoms with Crippen LogP contribution >= 0.6 is 15.9 Å². The summed E-state index contributed by atoms with van der Waals surface area (Å²) in [4.78, 5) is 0. The predicted octanol–water partition coefficient (Wildman–Crippen LogP) is 2.72. The zero-order chi connectivity index (χ0) is 9.90. The molecule has 0 amide bonds. The van der Waals surface area contributed by atoms with Gasteiger partial charge in [0.15, 0.2) is 0 Å². The van der Waals surface area contributed by atoms with Crippen molar-refractivity contribution in [1.29, 1.82) is 0 Å². The van der Waals surface area contributed by atoms with Crippen molar-refractivity contribution in [3.63, 3.8) is 0 Å². The first-order chi connectivity index (χ1) is 5.97. The van der Waals surface area contributed by atoms with Crippen molar-refractivity contribution in [2.24, 2.45) is 0 Å². The van der Waals surface area contributed by atoms with Crippen LogP contribution in [0.5, 0.6) is 0 Å². The SMILES string of the molecule is O=S(=O)(F)C=Cc1cccc(Br)c1. The van der Waals surface area contributed by atoms with Crippen LogP contribution in [0.15, 0.2) is 34.1 Å². The Kier molecular flexibility index (Phi) is 3.22. The maximum absolute atomic E-state index is 12.0. The molecule has 0 fully saturated rings. The molecule has 2 nitrogen and oxygen atoms in total. The molecule has 1 aromatic rings. The highest BCUT2D eigenvalue weighted by molar-refractivity contribution is 9.10. The van der Waals surface area contributed by atoms with Crippen LogP contribution in [-0.4, -0.2) is 8.42 Å². The Morgan fingerprint density at radius 1 is 1.38 bits per heavy atom. The summed E-state index contributed by atoms with van der Waals surface area (Å²) in [5, 5.41) is 0.523. The van der Waals surface area contributed by atoms with Gasteiger partial charge in [-0.25, -0.2) is 0 Å². The molecule has 0 aromatic heterocycles. The van der Waals surface area contributed by atoms with Crippen LogP contribution in [0.4, 0.5) is 3.89 Å². The van der Waals surface area contributed by atoms with Crippen LogP contribution in [0.3, 0.4) is 0 Å². The number of hydrogen-bond acceptors (Lipinski definition) is 2. The van der Waals surface area contributed by atoms with Crippen molar-refractivity contribution in [2.75, 3.05) is 0 Å². The molecule has 0 radical (unpaired) electrons. The number of halogens is 2. The molecule has 0 aliphatic rings. The second-order valence-corrected chi connectivity index (χ2v) is 4.47. The molecule has 1 rings (SSSR count). The minimum absolute atomic E-state index is 0.523. The van der Waals surface area contributed by atoms with Gasteiger partial charge in [-0.1, -0.05) is 28.1 Å². The van der Waals surface area contributed by atoms with Crippen molar-refractivity contribution in [3.8, 4) is 0 Å². The number of rotatable bonds is 2. The van der Waals surface area contributed by atoms with Gasteiger partial charge >= 0.3 is 10.2 Å². The number of benzene rings is 1. The molecule has 0 spiro atoms. The average molecular weight is 265 g/mol. The first kappa shape index (κ1) is 10.4. The van der Waals surface area contributed by atoms with E-state index in [4.69, 9.17) is 0 Å². The highest BCUT2D eigenvalue weighted by Gasteiger charge is 1.98. The van der Waals surface area contributed by atoms with E-state index in [1.807, 2.05) is 0 Å². The molecule has 0 unspecified atom stereocenters. The van der Waals surface area contributed by atoms with Crippen LogP contribution in [0.25, 0.3) is 6.08 Å². The molecule has 13 heavy (non-hydrogen) atoms. The van der Waals surface area contributed by atoms with Gasteiger partial charge in [-0.2, -0.15) is 8.42 Å². The van der Waals surface area contributed by atoms with E-state index in [0.717, 1.165) is 4.47 Å². The van der Waals surface area contributed by atoms with Crippen LogP contribution in [-0.2, 0) is 10.2 Å². The van der Waals surface area contributed by atoms with Crippen LogP contribution in [0.1, 0.15) is 5.56 Å². The van der Waals surface area contributed by atoms with Crippen molar-refractivity contribution in [2.45, 2.75) is 0 Å². The van der Waals surface area contributed by atoms with Gasteiger partial charge in [-0.3, -0.25) is 0 Å². The molecule has 5 heteroatoms. The van der Waals surface area contributed by atoms with Crippen molar-refractivity contribution in [1.82, 2.24) is 0 Å². The highest BCUT2D eigenvalue weighted by Crippen LogP contribution is 2.13. The third kappa shape index (κ3) is 4.19. The Morgan fingerprint density at radius 3 is 2.62 bits per heavy atom. The Morgan fingerprint density at radius 2 is 2.08 bits per heavy atom. The lowest BCUT2D eigenvalue weighted by molar-refractivity contribution is 0.563. The molecule has 0 bridgehead atoms. The molecule has 70 valence electrons. The topological polar surface area (TPSA) is 34.1 Å². The summed E-state index contributed by atoms with van der Waals surface area (Å²) >= 11 is 3.21. The molecule has 0 saturated heterocycles. The van der Waals surface area contributed by atoms with E-state index in [9.17, 15) is 12.3 Å². The number of hydrogen-bond donors (Lipinski definition) is 0. The largest absolute Gasteiger partial charge is 0.325 e. The van der Waals surface area contributed by atoms with Crippen molar-refractivity contribution in [3.05, 3.63) is 39.7 Å². The van der Waals surface area contributed by atoms with Gasteiger partial charge in [0.05, 0.1) is 5.41 Å². The Hall–Kier alpha value is -0.680. The van der Waals surface area contributed by atoms with Gasteiger partial charge in [0.25, 0.3) is 0 Å². The van der Waals surface area contributed by atoms with E-state index in [1.165, 1.54) is 6.08 Å². The summed E-state index contributed by atoms with van der Waals surface area (Å²) in [5.74, 6) is 0. The molecule has 0 atom stereocenters. The molecule has 0 aliphatic carbocycles. The van der Waals surface area contributed by atoms with Gasteiger partial charge < -0.3 is 0 Å². The van der Waals surface area contributed by atoms with Gasteiger partial charge in [-0.05, 0) is 23.8 Å². The van der Waals surface area contributed by atoms with E-state index in [1.54, 1.807) is 24.3 Å². The summed E-state index contributed by atoms with van der Waals surface area (Å²) in [6, 6.07) is 6.88. The molecule has 0 heterocycles.